The zero-order chi connectivity index (χ0) is 21.1. The molecule has 0 aliphatic heterocycles. The Bertz CT molecular complexity index is 1170. The van der Waals surface area contributed by atoms with E-state index in [9.17, 15) is 4.79 Å². The topological polar surface area (TPSA) is 121 Å². The van der Waals surface area contributed by atoms with E-state index in [-0.39, 0.29) is 18.6 Å². The van der Waals surface area contributed by atoms with Crippen molar-refractivity contribution in [3.8, 4) is 17.1 Å². The molecule has 0 bridgehead atoms. The Hall–Kier alpha value is -3.59. The lowest BCUT2D eigenvalue weighted by molar-refractivity contribution is -0.123. The average Bonchev–Trinajstić information content (AvgIpc) is 3.38. The number of hydrogen-bond donors (Lipinski definition) is 4. The van der Waals surface area contributed by atoms with E-state index in [1.165, 1.54) is 0 Å². The van der Waals surface area contributed by atoms with Crippen molar-refractivity contribution in [2.75, 3.05) is 11.9 Å². The smallest absolute Gasteiger partial charge is 0.258 e. The van der Waals surface area contributed by atoms with Gasteiger partial charge < -0.3 is 15.4 Å². The highest BCUT2D eigenvalue weighted by Crippen LogP contribution is 2.31. The lowest BCUT2D eigenvalue weighted by Crippen LogP contribution is -2.34. The first-order valence-electron chi connectivity index (χ1n) is 9.33. The van der Waals surface area contributed by atoms with Gasteiger partial charge in [-0.25, -0.2) is 0 Å². The van der Waals surface area contributed by atoms with Crippen LogP contribution >= 0.6 is 11.6 Å². The highest BCUT2D eigenvalue weighted by molar-refractivity contribution is 6.38. The Kier molecular flexibility index (Phi) is 5.53. The summed E-state index contributed by atoms with van der Waals surface area (Å²) in [6, 6.07) is 11.0. The van der Waals surface area contributed by atoms with Gasteiger partial charge in [0.05, 0.1) is 22.4 Å². The molecule has 0 saturated heterocycles. The molecule has 30 heavy (non-hydrogen) atoms. The minimum absolute atomic E-state index is 0.0321. The number of anilines is 2. The van der Waals surface area contributed by atoms with Gasteiger partial charge in [-0.1, -0.05) is 11.6 Å². The third-order valence-electron chi connectivity index (χ3n) is 4.24. The number of halogens is 1. The molecule has 0 fully saturated rings. The van der Waals surface area contributed by atoms with E-state index in [1.54, 1.807) is 18.3 Å². The van der Waals surface area contributed by atoms with Crippen LogP contribution in [0.15, 0.2) is 42.6 Å². The molecule has 0 atom stereocenters. The number of rotatable bonds is 7. The minimum atomic E-state index is -0.160. The van der Waals surface area contributed by atoms with Crippen LogP contribution in [0.4, 0.5) is 11.6 Å². The summed E-state index contributed by atoms with van der Waals surface area (Å²) >= 11 is 6.42. The molecule has 2 aromatic heterocycles. The van der Waals surface area contributed by atoms with Gasteiger partial charge in [-0.15, -0.1) is 5.10 Å². The number of aromatic amines is 2. The van der Waals surface area contributed by atoms with Gasteiger partial charge in [0, 0.05) is 17.0 Å². The Labute approximate surface area is 177 Å². The van der Waals surface area contributed by atoms with Crippen LogP contribution in [0.2, 0.25) is 5.02 Å². The molecule has 0 aliphatic carbocycles. The van der Waals surface area contributed by atoms with Crippen LogP contribution in [-0.2, 0) is 4.79 Å². The maximum Gasteiger partial charge on any atom is 0.258 e. The zero-order valence-corrected chi connectivity index (χ0v) is 17.1. The average molecular weight is 426 g/mol. The second-order valence-electron chi connectivity index (χ2n) is 6.93. The summed E-state index contributed by atoms with van der Waals surface area (Å²) in [5.41, 5.74) is 2.36. The molecule has 9 nitrogen and oxygen atoms in total. The van der Waals surface area contributed by atoms with Gasteiger partial charge in [0.1, 0.15) is 5.75 Å². The van der Waals surface area contributed by atoms with Crippen molar-refractivity contribution in [1.82, 2.24) is 30.7 Å². The Balaban J connectivity index is 1.42. The number of nitrogens with one attached hydrogen (secondary N) is 4. The molecular weight excluding hydrogens is 406 g/mol. The monoisotopic (exact) mass is 425 g/mol. The molecule has 1 amide bonds. The van der Waals surface area contributed by atoms with Crippen molar-refractivity contribution in [2.24, 2.45) is 0 Å². The number of ether oxygens (including phenoxy) is 1. The number of fused-ring (bicyclic) bond motifs is 1. The molecule has 0 aliphatic rings. The first-order chi connectivity index (χ1) is 14.5. The van der Waals surface area contributed by atoms with Crippen molar-refractivity contribution >= 4 is 40.0 Å². The largest absolute Gasteiger partial charge is 0.484 e. The van der Waals surface area contributed by atoms with E-state index in [4.69, 9.17) is 16.3 Å². The first kappa shape index (κ1) is 19.7. The van der Waals surface area contributed by atoms with Crippen molar-refractivity contribution in [3.63, 3.8) is 0 Å². The van der Waals surface area contributed by atoms with E-state index in [0.717, 1.165) is 16.5 Å². The lowest BCUT2D eigenvalue weighted by atomic mass is 10.2. The molecule has 154 valence electrons. The minimum Gasteiger partial charge on any atom is -0.484 e. The number of nitrogens with zero attached hydrogens (tertiary/aromatic N) is 3. The third kappa shape index (κ3) is 4.36. The standard InChI is InChI=1S/C20H20ClN7O2/c1-11(2)23-17(29)10-30-13-5-3-12(4-6-13)19-25-20(28-27-19)24-16-8-7-15-14(18(16)21)9-22-26-15/h3-9,11H,10H2,1-2H3,(H,22,26)(H,23,29)(H2,24,25,27,28). The van der Waals surface area contributed by atoms with Crippen molar-refractivity contribution in [3.05, 3.63) is 47.6 Å². The summed E-state index contributed by atoms with van der Waals surface area (Å²) in [5.74, 6) is 1.41. The van der Waals surface area contributed by atoms with E-state index in [2.05, 4.69) is 36.0 Å². The molecule has 0 spiro atoms. The fraction of sp³-hybridized carbons (Fsp3) is 0.200. The van der Waals surface area contributed by atoms with Crippen molar-refractivity contribution in [2.45, 2.75) is 19.9 Å². The second kappa shape index (κ2) is 8.42. The molecule has 0 unspecified atom stereocenters. The molecule has 4 aromatic rings. The summed E-state index contributed by atoms with van der Waals surface area (Å²) < 4.78 is 5.49. The summed E-state index contributed by atoms with van der Waals surface area (Å²) in [5, 5.41) is 21.2. The predicted octanol–water partition coefficient (Wildman–Crippen LogP) is 3.65. The van der Waals surface area contributed by atoms with Gasteiger partial charge in [0.2, 0.25) is 5.95 Å². The van der Waals surface area contributed by atoms with Crippen LogP contribution < -0.4 is 15.4 Å². The molecule has 2 heterocycles. The number of aromatic nitrogens is 5. The molecular formula is C20H20ClN7O2. The Morgan fingerprint density at radius 2 is 1.97 bits per heavy atom. The van der Waals surface area contributed by atoms with Gasteiger partial charge in [0.15, 0.2) is 12.4 Å². The number of amides is 1. The quantitative estimate of drug-likeness (QED) is 0.358. The molecule has 0 saturated carbocycles. The summed E-state index contributed by atoms with van der Waals surface area (Å²) in [4.78, 5) is 16.1. The summed E-state index contributed by atoms with van der Waals surface area (Å²) in [6.07, 6.45) is 1.67. The van der Waals surface area contributed by atoms with Gasteiger partial charge in [-0.05, 0) is 50.2 Å². The van der Waals surface area contributed by atoms with E-state index < -0.39 is 0 Å². The highest BCUT2D eigenvalue weighted by atomic mass is 35.5. The summed E-state index contributed by atoms with van der Waals surface area (Å²) in [6.45, 7) is 3.77. The van der Waals surface area contributed by atoms with Crippen molar-refractivity contribution in [1.29, 1.82) is 0 Å². The van der Waals surface area contributed by atoms with Crippen molar-refractivity contribution < 1.29 is 9.53 Å². The third-order valence-corrected chi connectivity index (χ3v) is 4.64. The van der Waals surface area contributed by atoms with Gasteiger partial charge in [-0.2, -0.15) is 10.1 Å². The fourth-order valence-electron chi connectivity index (χ4n) is 2.87. The number of benzene rings is 2. The molecule has 4 rings (SSSR count). The number of H-pyrrole nitrogens is 2. The molecule has 10 heteroatoms. The molecule has 2 aromatic carbocycles. The Morgan fingerprint density at radius 1 is 1.17 bits per heavy atom. The SMILES string of the molecule is CC(C)NC(=O)COc1ccc(-c2nc(Nc3ccc4[nH]ncc4c3Cl)n[nH]2)cc1. The normalized spacial score (nSPS) is 11.1. The number of carbonyl (C=O) groups is 1. The molecule has 0 radical (unpaired) electrons. The second-order valence-corrected chi connectivity index (χ2v) is 7.30. The maximum atomic E-state index is 11.7. The fourth-order valence-corrected chi connectivity index (χ4v) is 3.13. The summed E-state index contributed by atoms with van der Waals surface area (Å²) in [7, 11) is 0. The number of hydrogen-bond acceptors (Lipinski definition) is 6. The maximum absolute atomic E-state index is 11.7. The first-order valence-corrected chi connectivity index (χ1v) is 9.71. The Morgan fingerprint density at radius 3 is 2.73 bits per heavy atom. The highest BCUT2D eigenvalue weighted by Gasteiger charge is 2.11. The predicted molar refractivity (Wildman–Crippen MR) is 115 cm³/mol. The van der Waals surface area contributed by atoms with Gasteiger partial charge >= 0.3 is 0 Å². The van der Waals surface area contributed by atoms with Crippen LogP contribution in [0.1, 0.15) is 13.8 Å². The van der Waals surface area contributed by atoms with Crippen LogP contribution in [0.3, 0.4) is 0 Å². The zero-order valence-electron chi connectivity index (χ0n) is 16.4. The van der Waals surface area contributed by atoms with E-state index >= 15 is 0 Å². The van der Waals surface area contributed by atoms with Crippen LogP contribution in [0.25, 0.3) is 22.3 Å². The van der Waals surface area contributed by atoms with Crippen LogP contribution in [-0.4, -0.2) is 43.9 Å². The van der Waals surface area contributed by atoms with E-state index in [0.29, 0.717) is 28.2 Å². The van der Waals surface area contributed by atoms with Gasteiger partial charge in [0.25, 0.3) is 5.91 Å². The number of carbonyl (C=O) groups excluding carboxylic acids is 1. The van der Waals surface area contributed by atoms with E-state index in [1.807, 2.05) is 38.1 Å². The molecule has 4 N–H and O–H groups in total. The van der Waals surface area contributed by atoms with Crippen LogP contribution in [0.5, 0.6) is 5.75 Å². The lowest BCUT2D eigenvalue weighted by Gasteiger charge is -2.09. The van der Waals surface area contributed by atoms with Crippen LogP contribution in [0, 0.1) is 0 Å². The van der Waals surface area contributed by atoms with Gasteiger partial charge in [-0.3, -0.25) is 15.0 Å².